The molecule has 1 aliphatic rings. The first kappa shape index (κ1) is 14.9. The summed E-state index contributed by atoms with van der Waals surface area (Å²) in [5.74, 6) is 0. The van der Waals surface area contributed by atoms with Gasteiger partial charge in [0.2, 0.25) is 0 Å². The van der Waals surface area contributed by atoms with Gasteiger partial charge in [0.1, 0.15) is 0 Å². The van der Waals surface area contributed by atoms with Gasteiger partial charge in [-0.2, -0.15) is 0 Å². The zero-order valence-corrected chi connectivity index (χ0v) is 11.6. The lowest BCUT2D eigenvalue weighted by atomic mass is 9.86. The Morgan fingerprint density at radius 2 is 1.76 bits per heavy atom. The fourth-order valence-electron chi connectivity index (χ4n) is 2.75. The maximum absolute atomic E-state index is 9.53. The number of aliphatic hydroxyl groups excluding tert-OH is 1. The summed E-state index contributed by atoms with van der Waals surface area (Å²) in [6, 6.07) is 0. The number of ether oxygens (including phenoxy) is 2. The van der Waals surface area contributed by atoms with Gasteiger partial charge in [-0.15, -0.1) is 0 Å². The van der Waals surface area contributed by atoms with Crippen LogP contribution in [0.5, 0.6) is 0 Å². The molecule has 0 amide bonds. The van der Waals surface area contributed by atoms with Crippen LogP contribution in [0.4, 0.5) is 0 Å². The van der Waals surface area contributed by atoms with Gasteiger partial charge >= 0.3 is 0 Å². The molecule has 1 aliphatic heterocycles. The topological polar surface area (TPSA) is 41.9 Å². The molecule has 1 heterocycles. The van der Waals surface area contributed by atoms with E-state index in [1.54, 1.807) is 14.2 Å². The van der Waals surface area contributed by atoms with Crippen LogP contribution in [0.15, 0.2) is 0 Å². The van der Waals surface area contributed by atoms with Crippen molar-refractivity contribution in [1.82, 2.24) is 4.90 Å². The maximum Gasteiger partial charge on any atom is 0.0971 e. The highest BCUT2D eigenvalue weighted by Gasteiger charge is 2.36. The highest BCUT2D eigenvalue weighted by molar-refractivity contribution is 4.89. The van der Waals surface area contributed by atoms with Gasteiger partial charge in [0.25, 0.3) is 0 Å². The molecule has 0 bridgehead atoms. The molecule has 4 nitrogen and oxygen atoms in total. The Labute approximate surface area is 105 Å². The molecule has 0 aliphatic carbocycles. The van der Waals surface area contributed by atoms with Crippen molar-refractivity contribution in [3.63, 3.8) is 0 Å². The molecule has 102 valence electrons. The molecule has 0 saturated carbocycles. The van der Waals surface area contributed by atoms with Crippen molar-refractivity contribution < 1.29 is 14.6 Å². The minimum Gasteiger partial charge on any atom is -0.396 e. The maximum atomic E-state index is 9.53. The van der Waals surface area contributed by atoms with E-state index in [0.717, 1.165) is 32.5 Å². The molecule has 3 atom stereocenters. The Hall–Kier alpha value is -0.160. The molecule has 1 rings (SSSR count). The summed E-state index contributed by atoms with van der Waals surface area (Å²) in [7, 11) is 3.47. The second-order valence-electron chi connectivity index (χ2n) is 5.46. The van der Waals surface area contributed by atoms with E-state index in [0.29, 0.717) is 0 Å². The quantitative estimate of drug-likeness (QED) is 0.730. The van der Waals surface area contributed by atoms with E-state index in [1.807, 2.05) is 0 Å². The number of likely N-dealkylation sites (tertiary alicyclic amines) is 1. The minimum absolute atomic E-state index is 0.00429. The average molecular weight is 245 g/mol. The number of methoxy groups -OCH3 is 2. The van der Waals surface area contributed by atoms with E-state index in [9.17, 15) is 5.11 Å². The van der Waals surface area contributed by atoms with Gasteiger partial charge < -0.3 is 14.6 Å². The first-order valence-corrected chi connectivity index (χ1v) is 6.47. The summed E-state index contributed by atoms with van der Waals surface area (Å²) in [6.07, 6.45) is 2.47. The fourth-order valence-corrected chi connectivity index (χ4v) is 2.75. The smallest absolute Gasteiger partial charge is 0.0971 e. The van der Waals surface area contributed by atoms with Crippen LogP contribution < -0.4 is 0 Å². The monoisotopic (exact) mass is 245 g/mol. The molecular weight excluding hydrogens is 218 g/mol. The van der Waals surface area contributed by atoms with E-state index in [1.165, 1.54) is 0 Å². The lowest BCUT2D eigenvalue weighted by Gasteiger charge is -2.31. The van der Waals surface area contributed by atoms with Crippen molar-refractivity contribution >= 4 is 0 Å². The standard InChI is InChI=1S/C13H27NO3/c1-5-6-13(2,10-15)9-14-7-11(16-3)12(8-14)17-4/h11-12,15H,5-10H2,1-4H3. The van der Waals surface area contributed by atoms with Gasteiger partial charge in [-0.05, 0) is 6.42 Å². The Bertz CT molecular complexity index is 213. The van der Waals surface area contributed by atoms with Crippen LogP contribution in [0.1, 0.15) is 26.7 Å². The second-order valence-corrected chi connectivity index (χ2v) is 5.46. The Morgan fingerprint density at radius 3 is 2.12 bits per heavy atom. The van der Waals surface area contributed by atoms with Crippen molar-refractivity contribution in [3.8, 4) is 0 Å². The lowest BCUT2D eigenvalue weighted by molar-refractivity contribution is -0.00461. The third kappa shape index (κ3) is 3.91. The van der Waals surface area contributed by atoms with Crippen LogP contribution in [0, 0.1) is 5.41 Å². The normalized spacial score (nSPS) is 29.5. The van der Waals surface area contributed by atoms with Crippen LogP contribution in [0.2, 0.25) is 0 Å². The molecule has 1 saturated heterocycles. The number of rotatable bonds is 7. The van der Waals surface area contributed by atoms with Crippen molar-refractivity contribution in [2.24, 2.45) is 5.41 Å². The van der Waals surface area contributed by atoms with E-state index in [2.05, 4.69) is 18.7 Å². The van der Waals surface area contributed by atoms with Crippen molar-refractivity contribution in [1.29, 1.82) is 0 Å². The predicted molar refractivity (Wildman–Crippen MR) is 68.1 cm³/mol. The zero-order valence-electron chi connectivity index (χ0n) is 11.6. The predicted octanol–water partition coefficient (Wildman–Crippen LogP) is 1.13. The number of hydrogen-bond donors (Lipinski definition) is 1. The van der Waals surface area contributed by atoms with Crippen LogP contribution in [-0.2, 0) is 9.47 Å². The summed E-state index contributed by atoms with van der Waals surface area (Å²) in [5.41, 5.74) is -0.00429. The van der Waals surface area contributed by atoms with Gasteiger partial charge in [-0.25, -0.2) is 0 Å². The Morgan fingerprint density at radius 1 is 1.24 bits per heavy atom. The lowest BCUT2D eigenvalue weighted by Crippen LogP contribution is -2.37. The molecule has 1 N–H and O–H groups in total. The summed E-state index contributed by atoms with van der Waals surface area (Å²) in [4.78, 5) is 2.34. The SMILES string of the molecule is CCCC(C)(CO)CN1CC(OC)C(OC)C1. The highest BCUT2D eigenvalue weighted by Crippen LogP contribution is 2.27. The van der Waals surface area contributed by atoms with Gasteiger partial charge in [0, 0.05) is 45.9 Å². The summed E-state index contributed by atoms with van der Waals surface area (Å²) < 4.78 is 10.8. The molecule has 0 aromatic carbocycles. The molecule has 0 spiro atoms. The summed E-state index contributed by atoms with van der Waals surface area (Å²) in [6.45, 7) is 7.26. The third-order valence-corrected chi connectivity index (χ3v) is 3.74. The van der Waals surface area contributed by atoms with Crippen LogP contribution in [0.3, 0.4) is 0 Å². The zero-order chi connectivity index (χ0) is 12.9. The largest absolute Gasteiger partial charge is 0.396 e. The molecule has 0 aromatic rings. The van der Waals surface area contributed by atoms with Crippen molar-refractivity contribution in [3.05, 3.63) is 0 Å². The van der Waals surface area contributed by atoms with E-state index >= 15 is 0 Å². The van der Waals surface area contributed by atoms with Crippen molar-refractivity contribution in [2.45, 2.75) is 38.9 Å². The molecule has 17 heavy (non-hydrogen) atoms. The van der Waals surface area contributed by atoms with Crippen molar-refractivity contribution in [2.75, 3.05) is 40.5 Å². The summed E-state index contributed by atoms with van der Waals surface area (Å²) in [5, 5.41) is 9.53. The second kappa shape index (κ2) is 6.69. The van der Waals surface area contributed by atoms with Gasteiger partial charge in [-0.3, -0.25) is 4.90 Å². The third-order valence-electron chi connectivity index (χ3n) is 3.74. The van der Waals surface area contributed by atoms with Crippen LogP contribution in [-0.4, -0.2) is 62.7 Å². The molecule has 3 unspecified atom stereocenters. The Kier molecular flexibility index (Phi) is 5.86. The van der Waals surface area contributed by atoms with Crippen LogP contribution in [0.25, 0.3) is 0 Å². The molecule has 0 aromatic heterocycles. The van der Waals surface area contributed by atoms with Gasteiger partial charge in [0.05, 0.1) is 12.2 Å². The van der Waals surface area contributed by atoms with E-state index in [4.69, 9.17) is 9.47 Å². The molecular formula is C13H27NO3. The average Bonchev–Trinajstić information content (AvgIpc) is 2.71. The highest BCUT2D eigenvalue weighted by atomic mass is 16.5. The number of nitrogens with zero attached hydrogens (tertiary/aromatic N) is 1. The number of aliphatic hydroxyl groups is 1. The first-order chi connectivity index (χ1) is 8.08. The van der Waals surface area contributed by atoms with Gasteiger partial charge in [-0.1, -0.05) is 20.3 Å². The molecule has 0 radical (unpaired) electrons. The number of hydrogen-bond acceptors (Lipinski definition) is 4. The first-order valence-electron chi connectivity index (χ1n) is 6.47. The fraction of sp³-hybridized carbons (Fsp3) is 1.00. The van der Waals surface area contributed by atoms with Crippen LogP contribution >= 0.6 is 0 Å². The molecule has 1 fully saturated rings. The Balaban J connectivity index is 2.52. The van der Waals surface area contributed by atoms with Gasteiger partial charge in [0.15, 0.2) is 0 Å². The summed E-state index contributed by atoms with van der Waals surface area (Å²) >= 11 is 0. The van der Waals surface area contributed by atoms with E-state index in [-0.39, 0.29) is 24.2 Å². The van der Waals surface area contributed by atoms with E-state index < -0.39 is 0 Å². The minimum atomic E-state index is -0.00429. The molecule has 4 heteroatoms.